The topological polar surface area (TPSA) is 72.6 Å². The molecule has 0 radical (unpaired) electrons. The average Bonchev–Trinajstić information content (AvgIpc) is 2.97. The van der Waals surface area contributed by atoms with Crippen LogP contribution in [-0.2, 0) is 10.2 Å². The van der Waals surface area contributed by atoms with E-state index < -0.39 is 21.8 Å². The maximum absolute atomic E-state index is 14.0. The lowest BCUT2D eigenvalue weighted by Gasteiger charge is -2.35. The molecule has 2 unspecified atom stereocenters. The minimum absolute atomic E-state index is 0.0504. The molecule has 1 spiro atoms. The van der Waals surface area contributed by atoms with E-state index in [0.717, 1.165) is 11.3 Å². The first kappa shape index (κ1) is 15.6. The highest BCUT2D eigenvalue weighted by Crippen LogP contribution is 2.48. The molecule has 0 aromatic heterocycles. The summed E-state index contributed by atoms with van der Waals surface area (Å²) in [5.74, 6) is -0.764. The molecule has 2 aromatic rings. The Labute approximate surface area is 143 Å². The minimum Gasteiger partial charge on any atom is -0.298 e. The van der Waals surface area contributed by atoms with Gasteiger partial charge in [0.05, 0.1) is 16.0 Å². The number of hydrogen-bond acceptors (Lipinski definition) is 4. The molecule has 1 aliphatic heterocycles. The van der Waals surface area contributed by atoms with Crippen LogP contribution in [0.25, 0.3) is 0 Å². The lowest BCUT2D eigenvalue weighted by atomic mass is 9.65. The Morgan fingerprint density at radius 1 is 1.24 bits per heavy atom. The van der Waals surface area contributed by atoms with E-state index in [1.54, 1.807) is 12.3 Å². The van der Waals surface area contributed by atoms with Gasteiger partial charge in [-0.3, -0.25) is 19.9 Å². The highest BCUT2D eigenvalue weighted by molar-refractivity contribution is 6.10. The third kappa shape index (κ3) is 2.36. The highest BCUT2D eigenvalue weighted by Gasteiger charge is 2.47. The Kier molecular flexibility index (Phi) is 3.49. The molecule has 4 rings (SSSR count). The van der Waals surface area contributed by atoms with Crippen molar-refractivity contribution in [3.05, 3.63) is 69.5 Å². The number of aliphatic imine (C=N–C) groups is 1. The van der Waals surface area contributed by atoms with Gasteiger partial charge in [-0.15, -0.1) is 0 Å². The molecule has 1 heterocycles. The molecule has 1 saturated carbocycles. The Bertz CT molecular complexity index is 925. The third-order valence-corrected chi connectivity index (χ3v) is 5.23. The number of nitro groups is 1. The van der Waals surface area contributed by atoms with Crippen molar-refractivity contribution in [1.82, 2.24) is 0 Å². The number of nitro benzene ring substituents is 1. The quantitative estimate of drug-likeness (QED) is 0.608. The zero-order valence-electron chi connectivity index (χ0n) is 13.3. The molecule has 0 amide bonds. The van der Waals surface area contributed by atoms with Crippen molar-refractivity contribution in [2.24, 2.45) is 4.99 Å². The molecular formula is C19H15FN2O3. The number of hydrogen-bond donors (Lipinski definition) is 0. The zero-order chi connectivity index (χ0) is 17.6. The van der Waals surface area contributed by atoms with E-state index in [-0.39, 0.29) is 11.7 Å². The summed E-state index contributed by atoms with van der Waals surface area (Å²) in [5, 5.41) is 10.8. The van der Waals surface area contributed by atoms with Crippen LogP contribution in [0.2, 0.25) is 0 Å². The summed E-state index contributed by atoms with van der Waals surface area (Å²) in [6.45, 7) is 0. The van der Waals surface area contributed by atoms with Crippen molar-refractivity contribution in [3.8, 4) is 0 Å². The second kappa shape index (κ2) is 5.58. The number of rotatable bonds is 2. The number of fused-ring (bicyclic) bond motifs is 2. The standard InChI is InChI=1S/C19H15FN2O3/c20-15-9-12(5-7-17(15)22(24)25)13-6-8-18(23)19(10-13)11-21-16-4-2-1-3-14(16)19/h1-5,7,9,11,13H,6,8,10H2. The van der Waals surface area contributed by atoms with Gasteiger partial charge in [0, 0.05) is 18.7 Å². The summed E-state index contributed by atoms with van der Waals surface area (Å²) in [6.07, 6.45) is 3.20. The van der Waals surface area contributed by atoms with Crippen molar-refractivity contribution >= 4 is 23.4 Å². The smallest absolute Gasteiger partial charge is 0.298 e. The van der Waals surface area contributed by atoms with E-state index in [1.807, 2.05) is 24.3 Å². The lowest BCUT2D eigenvalue weighted by Crippen LogP contribution is -2.41. The molecule has 2 atom stereocenters. The van der Waals surface area contributed by atoms with Crippen molar-refractivity contribution < 1.29 is 14.1 Å². The Balaban J connectivity index is 1.71. The summed E-state index contributed by atoms with van der Waals surface area (Å²) in [6, 6.07) is 11.6. The number of carbonyl (C=O) groups is 1. The first-order valence-corrected chi connectivity index (χ1v) is 8.13. The summed E-state index contributed by atoms with van der Waals surface area (Å²) >= 11 is 0. The normalized spacial score (nSPS) is 24.5. The lowest BCUT2D eigenvalue weighted by molar-refractivity contribution is -0.387. The van der Waals surface area contributed by atoms with Gasteiger partial charge >= 0.3 is 5.69 Å². The van der Waals surface area contributed by atoms with Gasteiger partial charge in [0.2, 0.25) is 5.82 Å². The number of ketones is 1. The number of Topliss-reactive ketones (excluding diaryl/α,β-unsaturated/α-hetero) is 1. The van der Waals surface area contributed by atoms with Crippen LogP contribution in [-0.4, -0.2) is 16.9 Å². The number of benzene rings is 2. The van der Waals surface area contributed by atoms with Crippen molar-refractivity contribution in [3.63, 3.8) is 0 Å². The van der Waals surface area contributed by atoms with E-state index in [1.165, 1.54) is 12.1 Å². The predicted molar refractivity (Wildman–Crippen MR) is 90.9 cm³/mol. The van der Waals surface area contributed by atoms with Gasteiger partial charge in [0.1, 0.15) is 5.78 Å². The van der Waals surface area contributed by atoms with Crippen LogP contribution < -0.4 is 0 Å². The first-order valence-electron chi connectivity index (χ1n) is 8.13. The molecule has 1 aliphatic carbocycles. The second-order valence-electron chi connectivity index (χ2n) is 6.58. The fourth-order valence-corrected chi connectivity index (χ4v) is 3.94. The van der Waals surface area contributed by atoms with Gasteiger partial charge in [-0.2, -0.15) is 4.39 Å². The Morgan fingerprint density at radius 2 is 2.04 bits per heavy atom. The number of para-hydroxylation sites is 1. The molecule has 2 aliphatic rings. The highest BCUT2D eigenvalue weighted by atomic mass is 19.1. The second-order valence-corrected chi connectivity index (χ2v) is 6.58. The van der Waals surface area contributed by atoms with E-state index in [0.29, 0.717) is 24.8 Å². The maximum atomic E-state index is 14.0. The Morgan fingerprint density at radius 3 is 2.80 bits per heavy atom. The van der Waals surface area contributed by atoms with Crippen molar-refractivity contribution in [2.75, 3.05) is 0 Å². The predicted octanol–water partition coefficient (Wildman–Crippen LogP) is 4.22. The minimum atomic E-state index is -0.839. The summed E-state index contributed by atoms with van der Waals surface area (Å²) < 4.78 is 14.0. The Hall–Kier alpha value is -2.89. The van der Waals surface area contributed by atoms with Crippen LogP contribution in [0.15, 0.2) is 47.5 Å². The maximum Gasteiger partial charge on any atom is 0.304 e. The monoisotopic (exact) mass is 338 g/mol. The van der Waals surface area contributed by atoms with Crippen molar-refractivity contribution in [1.29, 1.82) is 0 Å². The average molecular weight is 338 g/mol. The van der Waals surface area contributed by atoms with E-state index in [2.05, 4.69) is 4.99 Å². The number of carbonyl (C=O) groups excluding carboxylic acids is 1. The van der Waals surface area contributed by atoms with E-state index in [4.69, 9.17) is 0 Å². The van der Waals surface area contributed by atoms with Crippen LogP contribution in [0.3, 0.4) is 0 Å². The third-order valence-electron chi connectivity index (χ3n) is 5.23. The van der Waals surface area contributed by atoms with Crippen LogP contribution in [0.5, 0.6) is 0 Å². The van der Waals surface area contributed by atoms with Gasteiger partial charge in [0.15, 0.2) is 0 Å². The molecule has 0 N–H and O–H groups in total. The van der Waals surface area contributed by atoms with Gasteiger partial charge in [0.25, 0.3) is 0 Å². The van der Waals surface area contributed by atoms with Crippen LogP contribution in [0, 0.1) is 15.9 Å². The molecular weight excluding hydrogens is 323 g/mol. The fraction of sp³-hybridized carbons (Fsp3) is 0.263. The van der Waals surface area contributed by atoms with Crippen molar-refractivity contribution in [2.45, 2.75) is 30.6 Å². The van der Waals surface area contributed by atoms with Crippen LogP contribution in [0.4, 0.5) is 15.8 Å². The van der Waals surface area contributed by atoms with Gasteiger partial charge in [-0.05, 0) is 42.0 Å². The first-order chi connectivity index (χ1) is 12.0. The molecule has 2 aromatic carbocycles. The molecule has 6 heteroatoms. The van der Waals surface area contributed by atoms with Crippen LogP contribution in [0.1, 0.15) is 36.3 Å². The summed E-state index contributed by atoms with van der Waals surface area (Å²) in [7, 11) is 0. The van der Waals surface area contributed by atoms with Gasteiger partial charge in [-0.1, -0.05) is 24.3 Å². The molecule has 126 valence electrons. The SMILES string of the molecule is O=C1CCC(c2ccc([N+](=O)[O-])c(F)c2)CC12C=Nc1ccccc12. The van der Waals surface area contributed by atoms with Gasteiger partial charge in [-0.25, -0.2) is 0 Å². The molecule has 25 heavy (non-hydrogen) atoms. The van der Waals surface area contributed by atoms with Crippen LogP contribution >= 0.6 is 0 Å². The molecule has 0 bridgehead atoms. The fourth-order valence-electron chi connectivity index (χ4n) is 3.94. The summed E-state index contributed by atoms with van der Waals surface area (Å²) in [4.78, 5) is 27.2. The molecule has 0 saturated heterocycles. The van der Waals surface area contributed by atoms with E-state index >= 15 is 0 Å². The number of nitrogens with zero attached hydrogens (tertiary/aromatic N) is 2. The largest absolute Gasteiger partial charge is 0.304 e. The summed E-state index contributed by atoms with van der Waals surface area (Å²) in [5.41, 5.74) is 1.09. The zero-order valence-corrected chi connectivity index (χ0v) is 13.3. The molecule has 5 nitrogen and oxygen atoms in total. The van der Waals surface area contributed by atoms with E-state index in [9.17, 15) is 19.3 Å². The van der Waals surface area contributed by atoms with Gasteiger partial charge < -0.3 is 0 Å². The number of halogens is 1. The molecule has 1 fully saturated rings.